The molecule has 0 radical (unpaired) electrons. The van der Waals surface area contributed by atoms with Crippen molar-refractivity contribution in [3.05, 3.63) is 35.9 Å². The molecule has 4 nitrogen and oxygen atoms in total. The number of nitrogens with zero attached hydrogens (tertiary/aromatic N) is 1. The fourth-order valence-electron chi connectivity index (χ4n) is 2.67. The molecule has 0 amide bonds. The molecular weight excluding hydrogens is 272 g/mol. The van der Waals surface area contributed by atoms with E-state index >= 15 is 0 Å². The van der Waals surface area contributed by atoms with Crippen molar-refractivity contribution in [1.29, 1.82) is 0 Å². The van der Waals surface area contributed by atoms with Crippen molar-refractivity contribution >= 4 is 10.0 Å². The summed E-state index contributed by atoms with van der Waals surface area (Å²) in [6, 6.07) is 9.80. The van der Waals surface area contributed by atoms with Crippen molar-refractivity contribution in [2.75, 3.05) is 25.4 Å². The topological polar surface area (TPSA) is 49.4 Å². The third-order valence-corrected chi connectivity index (χ3v) is 5.37. The summed E-state index contributed by atoms with van der Waals surface area (Å²) in [5, 5.41) is 0. The van der Waals surface area contributed by atoms with E-state index in [4.69, 9.17) is 0 Å². The first-order chi connectivity index (χ1) is 9.50. The maximum atomic E-state index is 12.2. The second-order valence-electron chi connectivity index (χ2n) is 5.61. The normalized spacial score (nSPS) is 24.1. The van der Waals surface area contributed by atoms with Crippen molar-refractivity contribution < 1.29 is 8.42 Å². The molecule has 1 fully saturated rings. The van der Waals surface area contributed by atoms with Crippen LogP contribution >= 0.6 is 0 Å². The zero-order chi connectivity index (χ0) is 14.6. The number of hydrogen-bond acceptors (Lipinski definition) is 3. The van der Waals surface area contributed by atoms with Crippen LogP contribution in [0.25, 0.3) is 0 Å². The van der Waals surface area contributed by atoms with E-state index in [2.05, 4.69) is 23.5 Å². The number of benzene rings is 1. The predicted molar refractivity (Wildman–Crippen MR) is 82.1 cm³/mol. The smallest absolute Gasteiger partial charge is 0.212 e. The average Bonchev–Trinajstić information content (AvgIpc) is 2.78. The number of aryl methyl sites for hydroxylation is 1. The van der Waals surface area contributed by atoms with Gasteiger partial charge in [0.1, 0.15) is 0 Å². The first-order valence-corrected chi connectivity index (χ1v) is 8.91. The molecule has 20 heavy (non-hydrogen) atoms. The van der Waals surface area contributed by atoms with Gasteiger partial charge in [0.05, 0.1) is 5.75 Å². The van der Waals surface area contributed by atoms with Crippen LogP contribution < -0.4 is 4.72 Å². The molecule has 0 aromatic heterocycles. The van der Waals surface area contributed by atoms with Gasteiger partial charge in [0.15, 0.2) is 0 Å². The van der Waals surface area contributed by atoms with E-state index in [1.165, 1.54) is 0 Å². The Labute approximate surface area is 122 Å². The molecule has 2 atom stereocenters. The Hall–Kier alpha value is -0.910. The molecular formula is C15H24N2O2S. The maximum absolute atomic E-state index is 12.2. The van der Waals surface area contributed by atoms with E-state index in [1.54, 1.807) is 0 Å². The van der Waals surface area contributed by atoms with Gasteiger partial charge < -0.3 is 4.90 Å². The van der Waals surface area contributed by atoms with Gasteiger partial charge in [-0.15, -0.1) is 0 Å². The molecule has 0 bridgehead atoms. The molecule has 0 aliphatic carbocycles. The van der Waals surface area contributed by atoms with Crippen LogP contribution in [0.5, 0.6) is 0 Å². The number of rotatable bonds is 6. The number of likely N-dealkylation sites (tertiary alicyclic amines) is 1. The Bertz CT molecular complexity index is 516. The van der Waals surface area contributed by atoms with Crippen molar-refractivity contribution in [1.82, 2.24) is 9.62 Å². The van der Waals surface area contributed by atoms with Crippen LogP contribution in [-0.4, -0.2) is 44.7 Å². The van der Waals surface area contributed by atoms with Gasteiger partial charge in [-0.3, -0.25) is 0 Å². The summed E-state index contributed by atoms with van der Waals surface area (Å²) in [7, 11) is -3.20. The molecule has 1 saturated heterocycles. The van der Waals surface area contributed by atoms with Gasteiger partial charge >= 0.3 is 0 Å². The molecule has 1 N–H and O–H groups in total. The monoisotopic (exact) mass is 296 g/mol. The standard InChI is InChI=1S/C15H24N2O2S/c1-3-17-11-13(2)15(12-17)16-20(18,19)10-9-14-7-5-4-6-8-14/h4-8,13,15-16H,3,9-12H2,1-2H3. The highest BCUT2D eigenvalue weighted by Gasteiger charge is 2.31. The van der Waals surface area contributed by atoms with Crippen LogP contribution in [0, 0.1) is 5.92 Å². The van der Waals surface area contributed by atoms with E-state index in [9.17, 15) is 8.42 Å². The lowest BCUT2D eigenvalue weighted by Gasteiger charge is -2.16. The molecule has 5 heteroatoms. The summed E-state index contributed by atoms with van der Waals surface area (Å²) in [4.78, 5) is 2.29. The van der Waals surface area contributed by atoms with Gasteiger partial charge in [-0.2, -0.15) is 0 Å². The van der Waals surface area contributed by atoms with Gasteiger partial charge in [-0.05, 0) is 24.4 Å². The Balaban J connectivity index is 1.88. The van der Waals surface area contributed by atoms with Crippen molar-refractivity contribution in [2.24, 2.45) is 5.92 Å². The number of likely N-dealkylation sites (N-methyl/N-ethyl adjacent to an activating group) is 1. The highest BCUT2D eigenvalue weighted by molar-refractivity contribution is 7.89. The first kappa shape index (κ1) is 15.5. The molecule has 2 rings (SSSR count). The van der Waals surface area contributed by atoms with Crippen LogP contribution in [0.15, 0.2) is 30.3 Å². The second kappa shape index (κ2) is 6.70. The minimum atomic E-state index is -3.20. The summed E-state index contributed by atoms with van der Waals surface area (Å²) >= 11 is 0. The largest absolute Gasteiger partial charge is 0.302 e. The maximum Gasteiger partial charge on any atom is 0.212 e. The molecule has 0 saturated carbocycles. The summed E-state index contributed by atoms with van der Waals surface area (Å²) in [5.74, 6) is 0.535. The lowest BCUT2D eigenvalue weighted by molar-refractivity contribution is 0.344. The molecule has 1 aliphatic rings. The van der Waals surface area contributed by atoms with Crippen LogP contribution in [-0.2, 0) is 16.4 Å². The highest BCUT2D eigenvalue weighted by atomic mass is 32.2. The van der Waals surface area contributed by atoms with E-state index < -0.39 is 10.0 Å². The van der Waals surface area contributed by atoms with Crippen LogP contribution in [0.2, 0.25) is 0 Å². The molecule has 1 aliphatic heterocycles. The van der Waals surface area contributed by atoms with Crippen molar-refractivity contribution in [3.8, 4) is 0 Å². The predicted octanol–water partition coefficient (Wildman–Crippen LogP) is 1.49. The first-order valence-electron chi connectivity index (χ1n) is 7.26. The Kier molecular flexibility index (Phi) is 5.18. The zero-order valence-corrected chi connectivity index (χ0v) is 13.1. The van der Waals surface area contributed by atoms with Gasteiger partial charge in [0.2, 0.25) is 10.0 Å². The van der Waals surface area contributed by atoms with Crippen molar-refractivity contribution in [2.45, 2.75) is 26.3 Å². The van der Waals surface area contributed by atoms with E-state index in [-0.39, 0.29) is 11.8 Å². The van der Waals surface area contributed by atoms with Crippen LogP contribution in [0.4, 0.5) is 0 Å². The third kappa shape index (κ3) is 4.30. The fraction of sp³-hybridized carbons (Fsp3) is 0.600. The van der Waals surface area contributed by atoms with E-state index in [0.717, 1.165) is 25.2 Å². The second-order valence-corrected chi connectivity index (χ2v) is 7.48. The number of hydrogen-bond donors (Lipinski definition) is 1. The summed E-state index contributed by atoms with van der Waals surface area (Å²) in [6.45, 7) is 7.00. The van der Waals surface area contributed by atoms with Gasteiger partial charge in [-0.1, -0.05) is 44.2 Å². The summed E-state index contributed by atoms with van der Waals surface area (Å²) < 4.78 is 27.2. The van der Waals surface area contributed by atoms with E-state index in [0.29, 0.717) is 12.3 Å². The number of nitrogens with one attached hydrogen (secondary N) is 1. The van der Waals surface area contributed by atoms with E-state index in [1.807, 2.05) is 30.3 Å². The SMILES string of the molecule is CCN1CC(C)C(NS(=O)(=O)CCc2ccccc2)C1. The third-order valence-electron chi connectivity index (χ3n) is 3.97. The quantitative estimate of drug-likeness (QED) is 0.865. The Morgan fingerprint density at radius 3 is 2.55 bits per heavy atom. The fourth-order valence-corrected chi connectivity index (χ4v) is 4.06. The zero-order valence-electron chi connectivity index (χ0n) is 12.2. The Morgan fingerprint density at radius 1 is 1.25 bits per heavy atom. The average molecular weight is 296 g/mol. The Morgan fingerprint density at radius 2 is 1.95 bits per heavy atom. The molecule has 1 aromatic carbocycles. The molecule has 1 aromatic rings. The molecule has 2 unspecified atom stereocenters. The lowest BCUT2D eigenvalue weighted by Crippen LogP contribution is -2.41. The summed E-state index contributed by atoms with van der Waals surface area (Å²) in [6.07, 6.45) is 0.564. The molecule has 112 valence electrons. The minimum absolute atomic E-state index is 0.0516. The number of sulfonamides is 1. The van der Waals surface area contributed by atoms with Crippen molar-refractivity contribution in [3.63, 3.8) is 0 Å². The van der Waals surface area contributed by atoms with Crippen LogP contribution in [0.3, 0.4) is 0 Å². The summed E-state index contributed by atoms with van der Waals surface area (Å²) in [5.41, 5.74) is 1.06. The highest BCUT2D eigenvalue weighted by Crippen LogP contribution is 2.16. The van der Waals surface area contributed by atoms with Gasteiger partial charge in [0, 0.05) is 19.1 Å². The van der Waals surface area contributed by atoms with Gasteiger partial charge in [-0.25, -0.2) is 13.1 Å². The van der Waals surface area contributed by atoms with Gasteiger partial charge in [0.25, 0.3) is 0 Å². The lowest BCUT2D eigenvalue weighted by atomic mass is 10.1. The minimum Gasteiger partial charge on any atom is -0.302 e. The van der Waals surface area contributed by atoms with Crippen LogP contribution in [0.1, 0.15) is 19.4 Å². The molecule has 1 heterocycles. The molecule has 0 spiro atoms.